The maximum Gasteiger partial charge on any atom is 0.321 e. The van der Waals surface area contributed by atoms with Crippen molar-refractivity contribution in [3.63, 3.8) is 0 Å². The molecule has 0 aliphatic rings. The molecular formula is C6H14Cl2N4NaO2. The Morgan fingerprint density at radius 2 is 2.07 bits per heavy atom. The van der Waals surface area contributed by atoms with E-state index in [0.29, 0.717) is 19.4 Å². The molecule has 0 aromatic rings. The first-order valence-corrected chi connectivity index (χ1v) is 4.10. The van der Waals surface area contributed by atoms with Gasteiger partial charge in [-0.05, 0) is 24.6 Å². The molecule has 0 spiro atoms. The monoisotopic (exact) mass is 267 g/mol. The summed E-state index contributed by atoms with van der Waals surface area (Å²) < 4.78 is 0. The summed E-state index contributed by atoms with van der Waals surface area (Å²) in [7, 11) is 0. The Labute approximate surface area is 122 Å². The van der Waals surface area contributed by atoms with Gasteiger partial charge in [-0.3, -0.25) is 9.79 Å². The van der Waals surface area contributed by atoms with Crippen molar-refractivity contribution in [1.82, 2.24) is 4.84 Å². The summed E-state index contributed by atoms with van der Waals surface area (Å²) in [6.07, 6.45) is 0.949. The van der Waals surface area contributed by atoms with Crippen LogP contribution in [-0.4, -0.2) is 59.2 Å². The van der Waals surface area contributed by atoms with Crippen molar-refractivity contribution >= 4 is 65.7 Å². The molecule has 9 heteroatoms. The molecule has 0 unspecified atom stereocenters. The average Bonchev–Trinajstić information content (AvgIpc) is 2.03. The molecule has 0 saturated heterocycles. The van der Waals surface area contributed by atoms with Gasteiger partial charge in [0.05, 0.1) is 0 Å². The first-order valence-electron chi connectivity index (χ1n) is 3.72. The van der Waals surface area contributed by atoms with Crippen LogP contribution in [0.2, 0.25) is 0 Å². The van der Waals surface area contributed by atoms with Gasteiger partial charge < -0.3 is 16.6 Å². The molecule has 0 aliphatic heterocycles. The van der Waals surface area contributed by atoms with Crippen LogP contribution in [0.1, 0.15) is 12.8 Å². The van der Waals surface area contributed by atoms with Gasteiger partial charge in [0.25, 0.3) is 0 Å². The minimum absolute atomic E-state index is 0. The number of guanidine groups is 1. The van der Waals surface area contributed by atoms with Gasteiger partial charge in [0, 0.05) is 36.1 Å². The van der Waals surface area contributed by atoms with Crippen molar-refractivity contribution in [2.24, 2.45) is 16.5 Å². The fourth-order valence-corrected chi connectivity index (χ4v) is 0.931. The topological polar surface area (TPSA) is 114 Å². The number of carbonyl (C=O) groups is 1. The second kappa shape index (κ2) is 12.4. The second-order valence-corrected chi connectivity index (χ2v) is 2.67. The number of hydrogen-bond donors (Lipinski definition) is 4. The number of aliphatic imine (C=N–C) groups is 1. The number of carboxylic acid groups (broad SMARTS) is 1. The van der Waals surface area contributed by atoms with Gasteiger partial charge in [-0.15, -0.1) is 12.4 Å². The van der Waals surface area contributed by atoms with Gasteiger partial charge in [-0.2, -0.15) is 0 Å². The molecule has 0 aliphatic carbocycles. The summed E-state index contributed by atoms with van der Waals surface area (Å²) in [4.78, 5) is 16.3. The average molecular weight is 268 g/mol. The molecule has 6 N–H and O–H groups in total. The number of aliphatic carboxylic acids is 1. The molecule has 0 saturated carbocycles. The molecular weight excluding hydrogens is 254 g/mol. The van der Waals surface area contributed by atoms with E-state index < -0.39 is 12.0 Å². The Morgan fingerprint density at radius 1 is 1.53 bits per heavy atom. The number of nitrogens with two attached hydrogens (primary N) is 2. The molecule has 1 atom stereocenters. The number of nitrogens with one attached hydrogen (secondary N) is 1. The summed E-state index contributed by atoms with van der Waals surface area (Å²) in [5, 5.41) is 8.55. The maximum atomic E-state index is 10.4. The van der Waals surface area contributed by atoms with Gasteiger partial charge in [0.1, 0.15) is 6.04 Å². The Balaban J connectivity index is -0.000000720. The van der Waals surface area contributed by atoms with Crippen LogP contribution >= 0.6 is 24.2 Å². The smallest absolute Gasteiger partial charge is 0.321 e. The normalized spacial score (nSPS) is 10.5. The predicted octanol–water partition coefficient (Wildman–Crippen LogP) is -0.722. The summed E-state index contributed by atoms with van der Waals surface area (Å²) >= 11 is 5.19. The quantitative estimate of drug-likeness (QED) is 0.167. The molecule has 15 heavy (non-hydrogen) atoms. The van der Waals surface area contributed by atoms with E-state index >= 15 is 0 Å². The zero-order chi connectivity index (χ0) is 10.3. The van der Waals surface area contributed by atoms with Gasteiger partial charge in [0.15, 0.2) is 5.96 Å². The number of hydrogen-bond acceptors (Lipinski definition) is 3. The Hall–Kier alpha value is 0.280. The van der Waals surface area contributed by atoms with Gasteiger partial charge >= 0.3 is 5.97 Å². The van der Waals surface area contributed by atoms with E-state index in [1.165, 1.54) is 0 Å². The molecule has 6 nitrogen and oxygen atoms in total. The Morgan fingerprint density at radius 3 is 2.40 bits per heavy atom. The van der Waals surface area contributed by atoms with Crippen molar-refractivity contribution < 1.29 is 9.90 Å². The van der Waals surface area contributed by atoms with E-state index in [9.17, 15) is 4.79 Å². The van der Waals surface area contributed by atoms with Gasteiger partial charge in [-0.1, -0.05) is 0 Å². The van der Waals surface area contributed by atoms with E-state index in [0.717, 1.165) is 0 Å². The second-order valence-electron chi connectivity index (χ2n) is 2.45. The molecule has 0 aromatic carbocycles. The third kappa shape index (κ3) is 12.2. The van der Waals surface area contributed by atoms with Crippen molar-refractivity contribution in [2.45, 2.75) is 18.9 Å². The predicted molar refractivity (Wildman–Crippen MR) is 63.3 cm³/mol. The van der Waals surface area contributed by atoms with Crippen molar-refractivity contribution in [1.29, 1.82) is 0 Å². The molecule has 0 aromatic heterocycles. The van der Waals surface area contributed by atoms with Crippen LogP contribution in [0, 0.1) is 0 Å². The molecule has 0 heterocycles. The van der Waals surface area contributed by atoms with E-state index in [1.807, 2.05) is 0 Å². The van der Waals surface area contributed by atoms with Crippen LogP contribution in [-0.2, 0) is 4.79 Å². The van der Waals surface area contributed by atoms with Crippen LogP contribution in [0.25, 0.3) is 0 Å². The van der Waals surface area contributed by atoms with Crippen LogP contribution in [0.4, 0.5) is 0 Å². The van der Waals surface area contributed by atoms with Crippen LogP contribution in [0.5, 0.6) is 0 Å². The summed E-state index contributed by atoms with van der Waals surface area (Å²) in [6, 6.07) is -0.754. The summed E-state index contributed by atoms with van der Waals surface area (Å²) in [6.45, 7) is 0.407. The standard InChI is InChI=1S/C6H13ClN4O2.ClH.Na/c7-11-4(5(12)13)2-1-3-10-6(8)9;;/h4,11H,1-3H2,(H,12,13)(H4,8,9,10);1H;/t4-;;/m0../s1. The molecule has 0 fully saturated rings. The van der Waals surface area contributed by atoms with Crippen molar-refractivity contribution in [2.75, 3.05) is 6.54 Å². The summed E-state index contributed by atoms with van der Waals surface area (Å²) in [5.74, 6) is -0.981. The number of nitrogens with zero attached hydrogens (tertiary/aromatic N) is 1. The number of carboxylic acids is 1. The Bertz CT molecular complexity index is 202. The van der Waals surface area contributed by atoms with E-state index in [2.05, 4.69) is 9.83 Å². The molecule has 0 bridgehead atoms. The minimum atomic E-state index is -0.986. The summed E-state index contributed by atoms with van der Waals surface area (Å²) in [5.41, 5.74) is 10.1. The third-order valence-corrected chi connectivity index (χ3v) is 1.64. The fraction of sp³-hybridized carbons (Fsp3) is 0.667. The van der Waals surface area contributed by atoms with E-state index in [4.69, 9.17) is 28.4 Å². The maximum absolute atomic E-state index is 10.4. The first-order chi connectivity index (χ1) is 6.07. The van der Waals surface area contributed by atoms with Crippen LogP contribution in [0.15, 0.2) is 4.99 Å². The first kappa shape index (κ1) is 20.7. The van der Waals surface area contributed by atoms with Crippen molar-refractivity contribution in [3.05, 3.63) is 0 Å². The number of rotatable bonds is 6. The third-order valence-electron chi connectivity index (χ3n) is 1.38. The molecule has 0 amide bonds. The van der Waals surface area contributed by atoms with E-state index in [-0.39, 0.29) is 47.9 Å². The van der Waals surface area contributed by atoms with Crippen molar-refractivity contribution in [3.8, 4) is 0 Å². The largest absolute Gasteiger partial charge is 0.480 e. The SMILES string of the molecule is Cl.NC(N)=NCCC[C@H](NCl)C(=O)O.[Na]. The van der Waals surface area contributed by atoms with E-state index in [1.54, 1.807) is 0 Å². The van der Waals surface area contributed by atoms with Crippen LogP contribution < -0.4 is 16.3 Å². The molecule has 1 radical (unpaired) electrons. The minimum Gasteiger partial charge on any atom is -0.480 e. The van der Waals surface area contributed by atoms with Crippen LogP contribution in [0.3, 0.4) is 0 Å². The van der Waals surface area contributed by atoms with Gasteiger partial charge in [-0.25, -0.2) is 4.84 Å². The zero-order valence-corrected chi connectivity index (χ0v) is 12.0. The zero-order valence-electron chi connectivity index (χ0n) is 8.44. The molecule has 0 rings (SSSR count). The Kier molecular flexibility index (Phi) is 17.0. The van der Waals surface area contributed by atoms with Gasteiger partial charge in [0.2, 0.25) is 0 Å². The fourth-order valence-electron chi connectivity index (χ4n) is 0.728. The molecule has 85 valence electrons. The number of halogens is 2.